The molecule has 3 heteroatoms. The minimum absolute atomic E-state index is 0.0563. The minimum Gasteiger partial charge on any atom is -0.338 e. The topological polar surface area (TPSA) is 44.1 Å². The lowest BCUT2D eigenvalue weighted by atomic mass is 10.1. The SMILES string of the molecule is CCCN(CC1CC1)C(=O)c1cccc(C#N)c1. The number of rotatable bonds is 5. The van der Waals surface area contributed by atoms with E-state index in [0.29, 0.717) is 17.0 Å². The summed E-state index contributed by atoms with van der Waals surface area (Å²) in [6.45, 7) is 3.74. The fourth-order valence-electron chi connectivity index (χ4n) is 2.06. The highest BCUT2D eigenvalue weighted by atomic mass is 16.2. The van der Waals surface area contributed by atoms with Crippen molar-refractivity contribution >= 4 is 5.91 Å². The molecule has 18 heavy (non-hydrogen) atoms. The maximum Gasteiger partial charge on any atom is 0.253 e. The Kier molecular flexibility index (Phi) is 3.99. The Bertz CT molecular complexity index is 472. The second-order valence-corrected chi connectivity index (χ2v) is 4.89. The fourth-order valence-corrected chi connectivity index (χ4v) is 2.06. The third-order valence-electron chi connectivity index (χ3n) is 3.19. The Morgan fingerprint density at radius 2 is 2.28 bits per heavy atom. The van der Waals surface area contributed by atoms with E-state index in [-0.39, 0.29) is 5.91 Å². The Labute approximate surface area is 108 Å². The van der Waals surface area contributed by atoms with Gasteiger partial charge >= 0.3 is 0 Å². The van der Waals surface area contributed by atoms with Gasteiger partial charge in [-0.25, -0.2) is 0 Å². The molecule has 0 aromatic heterocycles. The van der Waals surface area contributed by atoms with Crippen molar-refractivity contribution in [1.82, 2.24) is 4.90 Å². The molecule has 3 nitrogen and oxygen atoms in total. The van der Waals surface area contributed by atoms with Crippen LogP contribution in [0.3, 0.4) is 0 Å². The van der Waals surface area contributed by atoms with Gasteiger partial charge in [-0.1, -0.05) is 13.0 Å². The molecule has 1 fully saturated rings. The Balaban J connectivity index is 2.12. The summed E-state index contributed by atoms with van der Waals surface area (Å²) in [4.78, 5) is 14.3. The van der Waals surface area contributed by atoms with E-state index >= 15 is 0 Å². The number of amides is 1. The van der Waals surface area contributed by atoms with Crippen molar-refractivity contribution in [2.24, 2.45) is 5.92 Å². The van der Waals surface area contributed by atoms with E-state index in [1.807, 2.05) is 4.90 Å². The molecule has 1 aromatic rings. The molecule has 0 heterocycles. The fraction of sp³-hybridized carbons (Fsp3) is 0.467. The smallest absolute Gasteiger partial charge is 0.253 e. The molecule has 0 atom stereocenters. The molecule has 0 radical (unpaired) electrons. The Morgan fingerprint density at radius 3 is 2.89 bits per heavy atom. The van der Waals surface area contributed by atoms with Crippen LogP contribution in [0.1, 0.15) is 42.1 Å². The summed E-state index contributed by atoms with van der Waals surface area (Å²) in [5, 5.41) is 8.87. The van der Waals surface area contributed by atoms with Crippen LogP contribution >= 0.6 is 0 Å². The van der Waals surface area contributed by atoms with Gasteiger partial charge in [0.05, 0.1) is 11.6 Å². The number of nitrogens with zero attached hydrogens (tertiary/aromatic N) is 2. The molecular formula is C15H18N2O. The highest BCUT2D eigenvalue weighted by molar-refractivity contribution is 5.94. The largest absolute Gasteiger partial charge is 0.338 e. The summed E-state index contributed by atoms with van der Waals surface area (Å²) >= 11 is 0. The van der Waals surface area contributed by atoms with Crippen LogP contribution in [-0.2, 0) is 0 Å². The predicted octanol–water partition coefficient (Wildman–Crippen LogP) is 2.82. The molecular weight excluding hydrogens is 224 g/mol. The van der Waals surface area contributed by atoms with Crippen LogP contribution in [-0.4, -0.2) is 23.9 Å². The van der Waals surface area contributed by atoms with Crippen molar-refractivity contribution in [3.63, 3.8) is 0 Å². The highest BCUT2D eigenvalue weighted by Gasteiger charge is 2.26. The van der Waals surface area contributed by atoms with E-state index in [4.69, 9.17) is 5.26 Å². The van der Waals surface area contributed by atoms with E-state index < -0.39 is 0 Å². The number of carbonyl (C=O) groups excluding carboxylic acids is 1. The van der Waals surface area contributed by atoms with E-state index in [9.17, 15) is 4.79 Å². The lowest BCUT2D eigenvalue weighted by Crippen LogP contribution is -2.33. The second-order valence-electron chi connectivity index (χ2n) is 4.89. The average molecular weight is 242 g/mol. The van der Waals surface area contributed by atoms with Gasteiger partial charge < -0.3 is 4.90 Å². The van der Waals surface area contributed by atoms with Crippen molar-refractivity contribution in [3.8, 4) is 6.07 Å². The van der Waals surface area contributed by atoms with E-state index in [2.05, 4.69) is 13.0 Å². The third kappa shape index (κ3) is 3.10. The van der Waals surface area contributed by atoms with Gasteiger partial charge in [-0.3, -0.25) is 4.79 Å². The zero-order valence-corrected chi connectivity index (χ0v) is 10.7. The average Bonchev–Trinajstić information content (AvgIpc) is 3.21. The molecule has 1 aromatic carbocycles. The number of nitriles is 1. The standard InChI is InChI=1S/C15H18N2O/c1-2-8-17(11-12-6-7-12)15(18)14-5-3-4-13(9-14)10-16/h3-5,9,12H,2,6-8,11H2,1H3. The molecule has 1 amide bonds. The lowest BCUT2D eigenvalue weighted by molar-refractivity contribution is 0.0747. The Hall–Kier alpha value is -1.82. The van der Waals surface area contributed by atoms with Gasteiger partial charge in [-0.05, 0) is 43.4 Å². The van der Waals surface area contributed by atoms with Gasteiger partial charge in [0, 0.05) is 18.7 Å². The molecule has 0 N–H and O–H groups in total. The first-order chi connectivity index (χ1) is 8.74. The van der Waals surface area contributed by atoms with Crippen molar-refractivity contribution in [2.75, 3.05) is 13.1 Å². The predicted molar refractivity (Wildman–Crippen MR) is 70.1 cm³/mol. The van der Waals surface area contributed by atoms with Gasteiger partial charge in [0.15, 0.2) is 0 Å². The third-order valence-corrected chi connectivity index (χ3v) is 3.19. The first kappa shape index (κ1) is 12.6. The summed E-state index contributed by atoms with van der Waals surface area (Å²) in [5.74, 6) is 0.750. The van der Waals surface area contributed by atoms with Crippen LogP contribution in [0.15, 0.2) is 24.3 Å². The van der Waals surface area contributed by atoms with Crippen LogP contribution in [0, 0.1) is 17.2 Å². The molecule has 0 aliphatic heterocycles. The maximum atomic E-state index is 12.4. The minimum atomic E-state index is 0.0563. The van der Waals surface area contributed by atoms with E-state index in [1.54, 1.807) is 24.3 Å². The highest BCUT2D eigenvalue weighted by Crippen LogP contribution is 2.30. The van der Waals surface area contributed by atoms with Crippen molar-refractivity contribution in [1.29, 1.82) is 5.26 Å². The van der Waals surface area contributed by atoms with Crippen molar-refractivity contribution in [3.05, 3.63) is 35.4 Å². The zero-order chi connectivity index (χ0) is 13.0. The summed E-state index contributed by atoms with van der Waals surface area (Å²) in [6, 6.07) is 9.04. The van der Waals surface area contributed by atoms with Gasteiger partial charge in [0.1, 0.15) is 0 Å². The van der Waals surface area contributed by atoms with Crippen LogP contribution in [0.4, 0.5) is 0 Å². The van der Waals surface area contributed by atoms with E-state index in [0.717, 1.165) is 19.5 Å². The molecule has 1 aliphatic carbocycles. The van der Waals surface area contributed by atoms with Crippen LogP contribution in [0.25, 0.3) is 0 Å². The molecule has 0 unspecified atom stereocenters. The van der Waals surface area contributed by atoms with Gasteiger partial charge in [0.25, 0.3) is 5.91 Å². The normalized spacial score (nSPS) is 14.0. The first-order valence-electron chi connectivity index (χ1n) is 6.54. The molecule has 0 spiro atoms. The van der Waals surface area contributed by atoms with Gasteiger partial charge in [-0.15, -0.1) is 0 Å². The summed E-state index contributed by atoms with van der Waals surface area (Å²) in [7, 11) is 0. The molecule has 1 aliphatic rings. The first-order valence-corrected chi connectivity index (χ1v) is 6.54. The number of carbonyl (C=O) groups is 1. The number of benzene rings is 1. The Morgan fingerprint density at radius 1 is 1.50 bits per heavy atom. The summed E-state index contributed by atoms with van der Waals surface area (Å²) < 4.78 is 0. The molecule has 2 rings (SSSR count). The molecule has 94 valence electrons. The quantitative estimate of drug-likeness (QED) is 0.797. The monoisotopic (exact) mass is 242 g/mol. The van der Waals surface area contributed by atoms with Crippen LogP contribution in [0.5, 0.6) is 0 Å². The number of hydrogen-bond acceptors (Lipinski definition) is 2. The van der Waals surface area contributed by atoms with Crippen molar-refractivity contribution in [2.45, 2.75) is 26.2 Å². The summed E-state index contributed by atoms with van der Waals surface area (Å²) in [5.41, 5.74) is 1.17. The molecule has 1 saturated carbocycles. The summed E-state index contributed by atoms with van der Waals surface area (Å²) in [6.07, 6.45) is 3.45. The zero-order valence-electron chi connectivity index (χ0n) is 10.7. The van der Waals surface area contributed by atoms with E-state index in [1.165, 1.54) is 12.8 Å². The second kappa shape index (κ2) is 5.68. The van der Waals surface area contributed by atoms with Crippen LogP contribution in [0.2, 0.25) is 0 Å². The number of hydrogen-bond donors (Lipinski definition) is 0. The van der Waals surface area contributed by atoms with Gasteiger partial charge in [0.2, 0.25) is 0 Å². The van der Waals surface area contributed by atoms with Gasteiger partial charge in [-0.2, -0.15) is 5.26 Å². The van der Waals surface area contributed by atoms with Crippen LogP contribution < -0.4 is 0 Å². The molecule has 0 saturated heterocycles. The lowest BCUT2D eigenvalue weighted by Gasteiger charge is -2.22. The van der Waals surface area contributed by atoms with Crippen molar-refractivity contribution < 1.29 is 4.79 Å². The molecule has 0 bridgehead atoms. The maximum absolute atomic E-state index is 12.4.